The van der Waals surface area contributed by atoms with Crippen LogP contribution in [-0.2, 0) is 11.2 Å². The first-order valence-corrected chi connectivity index (χ1v) is 7.75. The van der Waals surface area contributed by atoms with Crippen LogP contribution in [0.15, 0.2) is 18.2 Å². The number of hydrogen-bond donors (Lipinski definition) is 0. The van der Waals surface area contributed by atoms with Gasteiger partial charge in [-0.05, 0) is 49.0 Å². The molecule has 0 unspecified atom stereocenters. The molecule has 1 heterocycles. The highest BCUT2D eigenvalue weighted by atomic mass is 32.2. The molecule has 2 rings (SSSR count). The second-order valence-electron chi connectivity index (χ2n) is 4.79. The number of carbonyl (C=O) groups is 1. The maximum Gasteiger partial charge on any atom is 0.161 e. The van der Waals surface area contributed by atoms with Crippen LogP contribution in [0.5, 0.6) is 11.5 Å². The standard InChI is InChI=1S/C15H20O3S/c1-11(16)9-12-3-4-14(15(10-12)17-2)18-13-5-7-19-8-6-13/h3-4,10,13H,5-9H2,1-2H3. The van der Waals surface area contributed by atoms with Crippen LogP contribution >= 0.6 is 11.8 Å². The highest BCUT2D eigenvalue weighted by Crippen LogP contribution is 2.31. The third-order valence-electron chi connectivity index (χ3n) is 3.14. The van der Waals surface area contributed by atoms with Crippen LogP contribution in [0.3, 0.4) is 0 Å². The smallest absolute Gasteiger partial charge is 0.161 e. The third kappa shape index (κ3) is 4.16. The molecule has 1 saturated heterocycles. The molecule has 0 saturated carbocycles. The van der Waals surface area contributed by atoms with Crippen LogP contribution in [0.4, 0.5) is 0 Å². The molecule has 4 heteroatoms. The molecule has 0 atom stereocenters. The number of rotatable bonds is 5. The summed E-state index contributed by atoms with van der Waals surface area (Å²) in [7, 11) is 1.64. The van der Waals surface area contributed by atoms with Crippen molar-refractivity contribution in [2.75, 3.05) is 18.6 Å². The van der Waals surface area contributed by atoms with E-state index in [0.717, 1.165) is 41.4 Å². The van der Waals surface area contributed by atoms with Gasteiger partial charge in [-0.2, -0.15) is 11.8 Å². The Bertz CT molecular complexity index is 439. The molecule has 3 nitrogen and oxygen atoms in total. The molecule has 0 aliphatic carbocycles. The first-order valence-electron chi connectivity index (χ1n) is 6.60. The quantitative estimate of drug-likeness (QED) is 0.830. The number of benzene rings is 1. The summed E-state index contributed by atoms with van der Waals surface area (Å²) in [5.41, 5.74) is 0.968. The normalized spacial score (nSPS) is 16.1. The Morgan fingerprint density at radius 3 is 2.68 bits per heavy atom. The molecule has 1 aliphatic heterocycles. The van der Waals surface area contributed by atoms with E-state index in [1.54, 1.807) is 14.0 Å². The summed E-state index contributed by atoms with van der Waals surface area (Å²) in [6, 6.07) is 5.75. The first kappa shape index (κ1) is 14.3. The van der Waals surface area contributed by atoms with Crippen LogP contribution in [-0.4, -0.2) is 30.5 Å². The van der Waals surface area contributed by atoms with Gasteiger partial charge in [-0.15, -0.1) is 0 Å². The zero-order valence-electron chi connectivity index (χ0n) is 11.5. The van der Waals surface area contributed by atoms with Crippen molar-refractivity contribution in [1.82, 2.24) is 0 Å². The minimum absolute atomic E-state index is 0.153. The van der Waals surface area contributed by atoms with Crippen LogP contribution in [0, 0.1) is 0 Å². The summed E-state index contributed by atoms with van der Waals surface area (Å²) in [4.78, 5) is 11.1. The largest absolute Gasteiger partial charge is 0.493 e. The maximum absolute atomic E-state index is 11.1. The van der Waals surface area contributed by atoms with Crippen LogP contribution in [0.2, 0.25) is 0 Å². The van der Waals surface area contributed by atoms with Crippen LogP contribution in [0.1, 0.15) is 25.3 Å². The van der Waals surface area contributed by atoms with Gasteiger partial charge >= 0.3 is 0 Å². The predicted molar refractivity (Wildman–Crippen MR) is 78.4 cm³/mol. The maximum atomic E-state index is 11.1. The van der Waals surface area contributed by atoms with E-state index < -0.39 is 0 Å². The second-order valence-corrected chi connectivity index (χ2v) is 6.02. The number of ketones is 1. The molecule has 0 spiro atoms. The Kier molecular flexibility index (Phi) is 5.14. The number of Topliss-reactive ketones (excluding diaryl/α,β-unsaturated/α-hetero) is 1. The predicted octanol–water partition coefficient (Wildman–Crippen LogP) is 3.10. The van der Waals surface area contributed by atoms with Crippen molar-refractivity contribution in [2.45, 2.75) is 32.3 Å². The third-order valence-corrected chi connectivity index (χ3v) is 4.19. The molecular weight excluding hydrogens is 260 g/mol. The van der Waals surface area contributed by atoms with Gasteiger partial charge in [-0.3, -0.25) is 4.79 Å². The second kappa shape index (κ2) is 6.85. The van der Waals surface area contributed by atoms with E-state index in [1.807, 2.05) is 30.0 Å². The van der Waals surface area contributed by atoms with E-state index in [-0.39, 0.29) is 11.9 Å². The van der Waals surface area contributed by atoms with Crippen molar-refractivity contribution in [3.05, 3.63) is 23.8 Å². The summed E-state index contributed by atoms with van der Waals surface area (Å²) in [6.45, 7) is 1.59. The molecule has 0 bridgehead atoms. The van der Waals surface area contributed by atoms with Crippen LogP contribution in [0.25, 0.3) is 0 Å². The van der Waals surface area contributed by atoms with Gasteiger partial charge in [0.15, 0.2) is 11.5 Å². The zero-order valence-corrected chi connectivity index (χ0v) is 12.3. The highest BCUT2D eigenvalue weighted by Gasteiger charge is 2.17. The van der Waals surface area contributed by atoms with Crippen molar-refractivity contribution in [2.24, 2.45) is 0 Å². The molecule has 1 aliphatic rings. The topological polar surface area (TPSA) is 35.5 Å². The number of carbonyl (C=O) groups excluding carboxylic acids is 1. The van der Waals surface area contributed by atoms with E-state index >= 15 is 0 Å². The number of methoxy groups -OCH3 is 1. The van der Waals surface area contributed by atoms with Gasteiger partial charge < -0.3 is 9.47 Å². The Balaban J connectivity index is 2.08. The van der Waals surface area contributed by atoms with Gasteiger partial charge in [0.1, 0.15) is 11.9 Å². The molecule has 1 fully saturated rings. The Morgan fingerprint density at radius 1 is 1.32 bits per heavy atom. The van der Waals surface area contributed by atoms with E-state index in [4.69, 9.17) is 9.47 Å². The fourth-order valence-electron chi connectivity index (χ4n) is 2.18. The highest BCUT2D eigenvalue weighted by molar-refractivity contribution is 7.99. The summed E-state index contributed by atoms with van der Waals surface area (Å²) in [6.07, 6.45) is 2.90. The fraction of sp³-hybridized carbons (Fsp3) is 0.533. The molecule has 0 N–H and O–H groups in total. The summed E-state index contributed by atoms with van der Waals surface area (Å²) in [5.74, 6) is 3.98. The van der Waals surface area contributed by atoms with E-state index in [1.165, 1.54) is 0 Å². The lowest BCUT2D eigenvalue weighted by Crippen LogP contribution is -2.22. The van der Waals surface area contributed by atoms with E-state index in [0.29, 0.717) is 6.42 Å². The Labute approximate surface area is 118 Å². The lowest BCUT2D eigenvalue weighted by molar-refractivity contribution is -0.116. The van der Waals surface area contributed by atoms with Gasteiger partial charge in [-0.25, -0.2) is 0 Å². The monoisotopic (exact) mass is 280 g/mol. The molecule has 0 radical (unpaired) electrons. The van der Waals surface area contributed by atoms with Crippen molar-refractivity contribution in [1.29, 1.82) is 0 Å². The van der Waals surface area contributed by atoms with E-state index in [9.17, 15) is 4.79 Å². The summed E-state index contributed by atoms with van der Waals surface area (Å²) >= 11 is 1.98. The molecule has 104 valence electrons. The Morgan fingerprint density at radius 2 is 2.05 bits per heavy atom. The van der Waals surface area contributed by atoms with Crippen molar-refractivity contribution < 1.29 is 14.3 Å². The molecule has 19 heavy (non-hydrogen) atoms. The zero-order chi connectivity index (χ0) is 13.7. The molecule has 0 aromatic heterocycles. The molecule has 1 aromatic rings. The lowest BCUT2D eigenvalue weighted by Gasteiger charge is -2.23. The SMILES string of the molecule is COc1cc(CC(C)=O)ccc1OC1CCSCC1. The molecule has 1 aromatic carbocycles. The van der Waals surface area contributed by atoms with Gasteiger partial charge in [0.25, 0.3) is 0 Å². The molecule has 0 amide bonds. The minimum atomic E-state index is 0.153. The fourth-order valence-corrected chi connectivity index (χ4v) is 3.24. The Hall–Kier alpha value is -1.16. The summed E-state index contributed by atoms with van der Waals surface area (Å²) in [5, 5.41) is 0. The van der Waals surface area contributed by atoms with Crippen LogP contribution < -0.4 is 9.47 Å². The minimum Gasteiger partial charge on any atom is -0.493 e. The number of thioether (sulfide) groups is 1. The summed E-state index contributed by atoms with van der Waals surface area (Å²) < 4.78 is 11.4. The van der Waals surface area contributed by atoms with Gasteiger partial charge in [-0.1, -0.05) is 6.07 Å². The lowest BCUT2D eigenvalue weighted by atomic mass is 10.1. The first-order chi connectivity index (χ1) is 9.19. The molecular formula is C15H20O3S. The number of hydrogen-bond acceptors (Lipinski definition) is 4. The van der Waals surface area contributed by atoms with Crippen molar-refractivity contribution in [3.8, 4) is 11.5 Å². The van der Waals surface area contributed by atoms with Crippen molar-refractivity contribution in [3.63, 3.8) is 0 Å². The average molecular weight is 280 g/mol. The average Bonchev–Trinajstić information content (AvgIpc) is 2.41. The van der Waals surface area contributed by atoms with E-state index in [2.05, 4.69) is 0 Å². The number of ether oxygens (including phenoxy) is 2. The van der Waals surface area contributed by atoms with Gasteiger partial charge in [0.2, 0.25) is 0 Å². The van der Waals surface area contributed by atoms with Gasteiger partial charge in [0.05, 0.1) is 7.11 Å². The van der Waals surface area contributed by atoms with Gasteiger partial charge in [0, 0.05) is 6.42 Å². The van der Waals surface area contributed by atoms with Crippen molar-refractivity contribution >= 4 is 17.5 Å².